The Bertz CT molecular complexity index is 580. The van der Waals surface area contributed by atoms with Crippen LogP contribution in [0.3, 0.4) is 0 Å². The van der Waals surface area contributed by atoms with Gasteiger partial charge in [0.25, 0.3) is 0 Å². The highest BCUT2D eigenvalue weighted by Gasteiger charge is 2.47. The second-order valence-electron chi connectivity index (χ2n) is 6.98. The molecule has 0 unspecified atom stereocenters. The summed E-state index contributed by atoms with van der Waals surface area (Å²) in [5, 5.41) is 9.91. The Labute approximate surface area is 136 Å². The fourth-order valence-corrected chi connectivity index (χ4v) is 4.16. The zero-order chi connectivity index (χ0) is 16.4. The molecule has 1 N–H and O–H groups in total. The van der Waals surface area contributed by atoms with Gasteiger partial charge >= 0.3 is 0 Å². The average Bonchev–Trinajstić information content (AvgIpc) is 2.57. The van der Waals surface area contributed by atoms with Crippen LogP contribution in [0.2, 0.25) is 0 Å². The van der Waals surface area contributed by atoms with Crippen LogP contribution >= 0.6 is 0 Å². The lowest BCUT2D eigenvalue weighted by Crippen LogP contribution is -2.62. The lowest BCUT2D eigenvalue weighted by atomic mass is 9.69. The minimum atomic E-state index is -0.322. The number of hydrogen-bond donors (Lipinski definition) is 1. The van der Waals surface area contributed by atoms with Gasteiger partial charge in [0.1, 0.15) is 5.82 Å². The van der Waals surface area contributed by atoms with Crippen LogP contribution in [0.5, 0.6) is 0 Å². The van der Waals surface area contributed by atoms with Gasteiger partial charge in [0, 0.05) is 24.5 Å². The summed E-state index contributed by atoms with van der Waals surface area (Å²) in [6.07, 6.45) is 3.04. The number of nitrogens with zero attached hydrogens (tertiary/aromatic N) is 2. The monoisotopic (exact) mass is 320 g/mol. The molecule has 2 heterocycles. The Morgan fingerprint density at radius 3 is 2.87 bits per heavy atom. The van der Waals surface area contributed by atoms with Crippen LogP contribution in [-0.2, 0) is 11.2 Å². The molecule has 0 saturated carbocycles. The smallest absolute Gasteiger partial charge is 0.227 e. The number of aliphatic hydroxyl groups excluding tert-OH is 1. The molecule has 0 bridgehead atoms. The van der Waals surface area contributed by atoms with E-state index in [1.54, 1.807) is 18.2 Å². The predicted molar refractivity (Wildman–Crippen MR) is 86.5 cm³/mol. The molecule has 2 atom stereocenters. The van der Waals surface area contributed by atoms with E-state index in [1.165, 1.54) is 6.07 Å². The zero-order valence-corrected chi connectivity index (χ0v) is 13.7. The maximum atomic E-state index is 13.8. The van der Waals surface area contributed by atoms with Crippen LogP contribution in [0.4, 0.5) is 4.39 Å². The molecular formula is C18H25FN2O2. The first-order valence-electron chi connectivity index (χ1n) is 8.38. The number of rotatable bonds is 3. The molecule has 2 saturated heterocycles. The van der Waals surface area contributed by atoms with Crippen molar-refractivity contribution in [3.63, 3.8) is 0 Å². The second-order valence-corrected chi connectivity index (χ2v) is 6.98. The van der Waals surface area contributed by atoms with Crippen molar-refractivity contribution in [2.45, 2.75) is 31.7 Å². The van der Waals surface area contributed by atoms with Crippen LogP contribution in [-0.4, -0.2) is 60.1 Å². The van der Waals surface area contributed by atoms with Gasteiger partial charge in [0.15, 0.2) is 0 Å². The molecule has 0 spiro atoms. The lowest BCUT2D eigenvalue weighted by molar-refractivity contribution is -0.139. The second kappa shape index (κ2) is 6.57. The highest BCUT2D eigenvalue weighted by Crippen LogP contribution is 2.41. The van der Waals surface area contributed by atoms with Crippen molar-refractivity contribution >= 4 is 5.91 Å². The Morgan fingerprint density at radius 1 is 1.35 bits per heavy atom. The number of benzene rings is 1. The van der Waals surface area contributed by atoms with E-state index in [-0.39, 0.29) is 36.2 Å². The number of amides is 1. The molecule has 3 rings (SSSR count). The van der Waals surface area contributed by atoms with Gasteiger partial charge in [-0.05, 0) is 44.5 Å². The van der Waals surface area contributed by atoms with E-state index in [2.05, 4.69) is 11.9 Å². The third-order valence-electron chi connectivity index (χ3n) is 5.66. The molecule has 0 radical (unpaired) electrons. The number of likely N-dealkylation sites (tertiary alicyclic amines) is 2. The molecule has 1 aromatic rings. The van der Waals surface area contributed by atoms with Gasteiger partial charge in [0.2, 0.25) is 5.91 Å². The third kappa shape index (κ3) is 3.12. The number of hydrogen-bond acceptors (Lipinski definition) is 3. The fourth-order valence-electron chi connectivity index (χ4n) is 4.16. The van der Waals surface area contributed by atoms with Crippen LogP contribution in [0, 0.1) is 11.2 Å². The van der Waals surface area contributed by atoms with Gasteiger partial charge in [-0.15, -0.1) is 0 Å². The molecule has 1 amide bonds. The summed E-state index contributed by atoms with van der Waals surface area (Å²) in [6.45, 7) is 2.46. The van der Waals surface area contributed by atoms with Crippen molar-refractivity contribution in [3.8, 4) is 0 Å². The summed E-state index contributed by atoms with van der Waals surface area (Å²) < 4.78 is 13.8. The predicted octanol–water partition coefficient (Wildman–Crippen LogP) is 1.67. The van der Waals surface area contributed by atoms with Crippen LogP contribution in [0.25, 0.3) is 0 Å². The summed E-state index contributed by atoms with van der Waals surface area (Å²) in [5.41, 5.74) is 0.371. The Kier molecular flexibility index (Phi) is 4.69. The van der Waals surface area contributed by atoms with Gasteiger partial charge in [-0.3, -0.25) is 4.79 Å². The Morgan fingerprint density at radius 2 is 2.13 bits per heavy atom. The third-order valence-corrected chi connectivity index (χ3v) is 5.66. The number of piperidine rings is 2. The SMILES string of the molecule is CN1CCC[C@]2(CO)CCN(C(=O)Cc3ccccc3F)C[C@@H]12. The molecule has 2 aliphatic heterocycles. The van der Waals surface area contributed by atoms with E-state index in [1.807, 2.05) is 4.90 Å². The molecule has 126 valence electrons. The first kappa shape index (κ1) is 16.4. The topological polar surface area (TPSA) is 43.8 Å². The van der Waals surface area contributed by atoms with Gasteiger partial charge < -0.3 is 14.9 Å². The van der Waals surface area contributed by atoms with Crippen molar-refractivity contribution in [2.24, 2.45) is 5.41 Å². The summed E-state index contributed by atoms with van der Waals surface area (Å²) in [6, 6.07) is 6.65. The van der Waals surface area contributed by atoms with Crippen molar-refractivity contribution < 1.29 is 14.3 Å². The normalized spacial score (nSPS) is 28.5. The van der Waals surface area contributed by atoms with Gasteiger partial charge in [0.05, 0.1) is 13.0 Å². The maximum absolute atomic E-state index is 13.8. The van der Waals surface area contributed by atoms with E-state index >= 15 is 0 Å². The Balaban J connectivity index is 1.70. The van der Waals surface area contributed by atoms with E-state index in [9.17, 15) is 14.3 Å². The molecule has 0 aliphatic carbocycles. The minimum Gasteiger partial charge on any atom is -0.396 e. The summed E-state index contributed by atoms with van der Waals surface area (Å²) in [4.78, 5) is 16.7. The molecule has 1 aromatic carbocycles. The molecule has 0 aromatic heterocycles. The summed E-state index contributed by atoms with van der Waals surface area (Å²) in [7, 11) is 2.07. The molecular weight excluding hydrogens is 295 g/mol. The first-order chi connectivity index (χ1) is 11.1. The quantitative estimate of drug-likeness (QED) is 0.921. The van der Waals surface area contributed by atoms with Gasteiger partial charge in [-0.25, -0.2) is 4.39 Å². The number of carbonyl (C=O) groups is 1. The van der Waals surface area contributed by atoms with Crippen LogP contribution < -0.4 is 0 Å². The van der Waals surface area contributed by atoms with E-state index in [0.717, 1.165) is 25.8 Å². The molecule has 4 nitrogen and oxygen atoms in total. The van der Waals surface area contributed by atoms with Gasteiger partial charge in [-0.1, -0.05) is 18.2 Å². The largest absolute Gasteiger partial charge is 0.396 e. The highest BCUT2D eigenvalue weighted by molar-refractivity contribution is 5.79. The van der Waals surface area contributed by atoms with E-state index in [0.29, 0.717) is 18.7 Å². The first-order valence-corrected chi connectivity index (χ1v) is 8.38. The van der Waals surface area contributed by atoms with Crippen molar-refractivity contribution in [1.29, 1.82) is 0 Å². The minimum absolute atomic E-state index is 0.0272. The number of halogens is 1. The highest BCUT2D eigenvalue weighted by atomic mass is 19.1. The standard InChI is InChI=1S/C18H25FN2O2/c1-20-9-4-7-18(13-22)8-10-21(12-16(18)20)17(23)11-14-5-2-3-6-15(14)19/h2-3,5-6,16,22H,4,7-13H2,1H3/t16-,18-/m1/s1. The number of aliphatic hydroxyl groups is 1. The zero-order valence-electron chi connectivity index (χ0n) is 13.7. The van der Waals surface area contributed by atoms with E-state index < -0.39 is 0 Å². The van der Waals surface area contributed by atoms with Crippen molar-refractivity contribution in [3.05, 3.63) is 35.6 Å². The summed E-state index contributed by atoms with van der Waals surface area (Å²) >= 11 is 0. The summed E-state index contributed by atoms with van der Waals surface area (Å²) in [5.74, 6) is -0.349. The molecule has 5 heteroatoms. The molecule has 2 aliphatic rings. The average molecular weight is 320 g/mol. The fraction of sp³-hybridized carbons (Fsp3) is 0.611. The molecule has 2 fully saturated rings. The van der Waals surface area contributed by atoms with Gasteiger partial charge in [-0.2, -0.15) is 0 Å². The maximum Gasteiger partial charge on any atom is 0.227 e. The van der Waals surface area contributed by atoms with Crippen molar-refractivity contribution in [1.82, 2.24) is 9.80 Å². The van der Waals surface area contributed by atoms with Crippen LogP contribution in [0.15, 0.2) is 24.3 Å². The van der Waals surface area contributed by atoms with Crippen molar-refractivity contribution in [2.75, 3.05) is 33.3 Å². The number of carbonyl (C=O) groups excluding carboxylic acids is 1. The number of likely N-dealkylation sites (N-methyl/N-ethyl adjacent to an activating group) is 1. The molecule has 23 heavy (non-hydrogen) atoms. The lowest BCUT2D eigenvalue weighted by Gasteiger charge is -2.53. The number of fused-ring (bicyclic) bond motifs is 1. The Hall–Kier alpha value is -1.46. The van der Waals surface area contributed by atoms with E-state index in [4.69, 9.17) is 0 Å². The van der Waals surface area contributed by atoms with Crippen LogP contribution in [0.1, 0.15) is 24.8 Å².